The van der Waals surface area contributed by atoms with E-state index in [2.05, 4.69) is 15.8 Å². The van der Waals surface area contributed by atoms with Crippen LogP contribution in [0.25, 0.3) is 0 Å². The second-order valence-electron chi connectivity index (χ2n) is 2.20. The number of aromatic nitrogens is 2. The van der Waals surface area contributed by atoms with Gasteiger partial charge in [-0.1, -0.05) is 0 Å². The Kier molecular flexibility index (Phi) is 1.05. The maximum absolute atomic E-state index is 4.29. The third kappa shape index (κ3) is 0.758. The van der Waals surface area contributed by atoms with Gasteiger partial charge in [0.25, 0.3) is 0 Å². The van der Waals surface area contributed by atoms with Gasteiger partial charge in [-0.15, -0.1) is 11.8 Å². The van der Waals surface area contributed by atoms with E-state index >= 15 is 0 Å². The number of rotatable bonds is 0. The fourth-order valence-corrected chi connectivity index (χ4v) is 2.04. The molecular formula is C6H8N2S. The second-order valence-corrected chi connectivity index (χ2v) is 3.31. The first-order valence-corrected chi connectivity index (χ1v) is 4.02. The summed E-state index contributed by atoms with van der Waals surface area (Å²) in [5.41, 5.74) is 1.14. The van der Waals surface area contributed by atoms with Gasteiger partial charge in [-0.2, -0.15) is 5.10 Å². The minimum atomic E-state index is 1.09. The Labute approximate surface area is 58.3 Å². The van der Waals surface area contributed by atoms with Crippen LogP contribution in [0.1, 0.15) is 5.69 Å². The van der Waals surface area contributed by atoms with Crippen molar-refractivity contribution in [2.45, 2.75) is 18.5 Å². The molecule has 1 aliphatic rings. The highest BCUT2D eigenvalue weighted by atomic mass is 32.2. The van der Waals surface area contributed by atoms with Crippen molar-refractivity contribution in [2.75, 3.05) is 5.75 Å². The lowest BCUT2D eigenvalue weighted by atomic mass is 10.5. The molecule has 0 saturated carbocycles. The summed E-state index contributed by atoms with van der Waals surface area (Å²) < 4.78 is 2.07. The summed E-state index contributed by atoms with van der Waals surface area (Å²) in [6.07, 6.45) is 0. The van der Waals surface area contributed by atoms with Gasteiger partial charge >= 0.3 is 0 Å². The van der Waals surface area contributed by atoms with E-state index in [9.17, 15) is 0 Å². The molecule has 0 spiro atoms. The summed E-state index contributed by atoms with van der Waals surface area (Å²) >= 11 is 1.89. The van der Waals surface area contributed by atoms with Gasteiger partial charge in [0.05, 0.1) is 17.3 Å². The summed E-state index contributed by atoms with van der Waals surface area (Å²) in [5, 5.41) is 5.61. The minimum Gasteiger partial charge on any atom is -0.258 e. The van der Waals surface area contributed by atoms with Gasteiger partial charge in [0, 0.05) is 5.75 Å². The zero-order chi connectivity index (χ0) is 6.27. The lowest BCUT2D eigenvalue weighted by molar-refractivity contribution is 0.629. The molecule has 48 valence electrons. The number of aryl methyl sites for hydroxylation is 2. The van der Waals surface area contributed by atoms with Crippen molar-refractivity contribution in [3.63, 3.8) is 0 Å². The molecule has 0 amide bonds. The Morgan fingerprint density at radius 3 is 3.44 bits per heavy atom. The van der Waals surface area contributed by atoms with E-state index in [0.717, 1.165) is 12.2 Å². The molecule has 1 aromatic heterocycles. The van der Waals surface area contributed by atoms with E-state index < -0.39 is 0 Å². The molecule has 9 heavy (non-hydrogen) atoms. The molecule has 3 heteroatoms. The molecule has 0 N–H and O–H groups in total. The van der Waals surface area contributed by atoms with Crippen LogP contribution in [0.5, 0.6) is 0 Å². The predicted octanol–water partition coefficient (Wildman–Crippen LogP) is 1.30. The van der Waals surface area contributed by atoms with Crippen LogP contribution in [0.4, 0.5) is 0 Å². The Bertz CT molecular complexity index is 207. The standard InChI is InChI=1S/C6H8N2S/c1-5-4-6-8(7-5)2-3-9-6/h4H,2-3H2,1H3. The fraction of sp³-hybridized carbons (Fsp3) is 0.500. The van der Waals surface area contributed by atoms with Crippen molar-refractivity contribution in [1.29, 1.82) is 0 Å². The maximum atomic E-state index is 4.29. The van der Waals surface area contributed by atoms with Gasteiger partial charge in [0.15, 0.2) is 0 Å². The van der Waals surface area contributed by atoms with Crippen molar-refractivity contribution in [1.82, 2.24) is 9.78 Å². The van der Waals surface area contributed by atoms with Crippen molar-refractivity contribution in [2.24, 2.45) is 0 Å². The average molecular weight is 140 g/mol. The molecule has 0 atom stereocenters. The number of hydrogen-bond acceptors (Lipinski definition) is 2. The molecule has 0 aliphatic carbocycles. The molecule has 2 rings (SSSR count). The summed E-state index contributed by atoms with van der Waals surface area (Å²) in [5.74, 6) is 1.20. The second kappa shape index (κ2) is 1.77. The van der Waals surface area contributed by atoms with E-state index in [1.54, 1.807) is 0 Å². The van der Waals surface area contributed by atoms with Gasteiger partial charge in [0.2, 0.25) is 0 Å². The van der Waals surface area contributed by atoms with Crippen LogP contribution < -0.4 is 0 Å². The number of hydrogen-bond donors (Lipinski definition) is 0. The molecule has 2 heterocycles. The van der Waals surface area contributed by atoms with Crippen LogP contribution in [0, 0.1) is 6.92 Å². The third-order valence-corrected chi connectivity index (χ3v) is 2.43. The molecule has 0 saturated heterocycles. The number of thioether (sulfide) groups is 1. The first-order chi connectivity index (χ1) is 4.36. The lowest BCUT2D eigenvalue weighted by Crippen LogP contribution is -1.95. The van der Waals surface area contributed by atoms with E-state index in [4.69, 9.17) is 0 Å². The molecule has 0 aromatic carbocycles. The smallest absolute Gasteiger partial charge is 0.0943 e. The first kappa shape index (κ1) is 5.35. The fourth-order valence-electron chi connectivity index (χ4n) is 1.03. The Hall–Kier alpha value is -0.440. The Morgan fingerprint density at radius 2 is 2.67 bits per heavy atom. The molecule has 2 nitrogen and oxygen atoms in total. The molecule has 1 aromatic rings. The summed E-state index contributed by atoms with van der Waals surface area (Å²) in [6, 6.07) is 2.14. The zero-order valence-corrected chi connectivity index (χ0v) is 6.11. The van der Waals surface area contributed by atoms with Crippen LogP contribution in [-0.2, 0) is 6.54 Å². The topological polar surface area (TPSA) is 17.8 Å². The Morgan fingerprint density at radius 1 is 1.78 bits per heavy atom. The maximum Gasteiger partial charge on any atom is 0.0943 e. The third-order valence-electron chi connectivity index (χ3n) is 1.42. The molecule has 0 radical (unpaired) electrons. The Balaban J connectivity index is 2.51. The highest BCUT2D eigenvalue weighted by molar-refractivity contribution is 7.99. The lowest BCUT2D eigenvalue weighted by Gasteiger charge is -1.87. The van der Waals surface area contributed by atoms with Crippen LogP contribution >= 0.6 is 11.8 Å². The van der Waals surface area contributed by atoms with Gasteiger partial charge in [-0.25, -0.2) is 0 Å². The van der Waals surface area contributed by atoms with E-state index in [1.165, 1.54) is 10.8 Å². The van der Waals surface area contributed by atoms with Crippen molar-refractivity contribution in [3.05, 3.63) is 11.8 Å². The monoisotopic (exact) mass is 140 g/mol. The molecule has 0 fully saturated rings. The van der Waals surface area contributed by atoms with E-state index in [0.29, 0.717) is 0 Å². The van der Waals surface area contributed by atoms with Gasteiger partial charge in [0.1, 0.15) is 0 Å². The van der Waals surface area contributed by atoms with Crippen molar-refractivity contribution < 1.29 is 0 Å². The molecule has 0 bridgehead atoms. The summed E-state index contributed by atoms with van der Waals surface area (Å²) in [4.78, 5) is 0. The average Bonchev–Trinajstić information content (AvgIpc) is 2.22. The minimum absolute atomic E-state index is 1.09. The summed E-state index contributed by atoms with van der Waals surface area (Å²) in [7, 11) is 0. The highest BCUT2D eigenvalue weighted by Gasteiger charge is 2.11. The largest absolute Gasteiger partial charge is 0.258 e. The van der Waals surface area contributed by atoms with Crippen LogP contribution in [0.15, 0.2) is 11.1 Å². The van der Waals surface area contributed by atoms with E-state index in [-0.39, 0.29) is 0 Å². The summed E-state index contributed by atoms with van der Waals surface area (Å²) in [6.45, 7) is 3.12. The van der Waals surface area contributed by atoms with Crippen molar-refractivity contribution in [3.8, 4) is 0 Å². The van der Waals surface area contributed by atoms with Crippen molar-refractivity contribution >= 4 is 11.8 Å². The van der Waals surface area contributed by atoms with Gasteiger partial charge < -0.3 is 0 Å². The highest BCUT2D eigenvalue weighted by Crippen LogP contribution is 2.24. The van der Waals surface area contributed by atoms with E-state index in [1.807, 2.05) is 18.7 Å². The normalized spacial score (nSPS) is 16.1. The van der Waals surface area contributed by atoms with Gasteiger partial charge in [-0.05, 0) is 13.0 Å². The number of nitrogens with zero attached hydrogens (tertiary/aromatic N) is 2. The molecular weight excluding hydrogens is 132 g/mol. The quantitative estimate of drug-likeness (QED) is 0.540. The van der Waals surface area contributed by atoms with Crippen LogP contribution in [0.3, 0.4) is 0 Å². The first-order valence-electron chi connectivity index (χ1n) is 3.03. The number of fused-ring (bicyclic) bond motifs is 1. The van der Waals surface area contributed by atoms with Crippen LogP contribution in [-0.4, -0.2) is 15.5 Å². The molecule has 1 aliphatic heterocycles. The van der Waals surface area contributed by atoms with Gasteiger partial charge in [-0.3, -0.25) is 4.68 Å². The SMILES string of the molecule is Cc1cc2n(n1)CCS2. The zero-order valence-electron chi connectivity index (χ0n) is 5.29. The van der Waals surface area contributed by atoms with Crippen LogP contribution in [0.2, 0.25) is 0 Å². The molecule has 0 unspecified atom stereocenters. The predicted molar refractivity (Wildman–Crippen MR) is 37.7 cm³/mol.